The summed E-state index contributed by atoms with van der Waals surface area (Å²) < 4.78 is 38.7. The van der Waals surface area contributed by atoms with Gasteiger partial charge in [0.25, 0.3) is 0 Å². The zero-order valence-corrected chi connectivity index (χ0v) is 9.10. The van der Waals surface area contributed by atoms with Crippen LogP contribution in [0.2, 0.25) is 0 Å². The van der Waals surface area contributed by atoms with Gasteiger partial charge in [-0.1, -0.05) is 0 Å². The van der Waals surface area contributed by atoms with Crippen molar-refractivity contribution in [2.45, 2.75) is 6.18 Å². The predicted octanol–water partition coefficient (Wildman–Crippen LogP) is 1.28. The largest absolute Gasteiger partial charge is 0.478 e. The number of halogens is 3. The first-order valence-corrected chi connectivity index (χ1v) is 4.87. The Balaban J connectivity index is 2.69. The zero-order chi connectivity index (χ0) is 14.2. The van der Waals surface area contributed by atoms with E-state index >= 15 is 0 Å². The molecule has 1 aromatic carbocycles. The Hall–Kier alpha value is -2.58. The van der Waals surface area contributed by atoms with E-state index in [1.165, 1.54) is 0 Å². The molecule has 2 rings (SSSR count). The summed E-state index contributed by atoms with van der Waals surface area (Å²) in [6.07, 6.45) is -3.75. The normalized spacial score (nSPS) is 11.5. The predicted molar refractivity (Wildman–Crippen MR) is 56.1 cm³/mol. The summed E-state index contributed by atoms with van der Waals surface area (Å²) in [5.41, 5.74) is -2.73. The fourth-order valence-electron chi connectivity index (χ4n) is 1.47. The van der Waals surface area contributed by atoms with Crippen LogP contribution in [0.5, 0.6) is 0 Å². The zero-order valence-electron chi connectivity index (χ0n) is 9.10. The van der Waals surface area contributed by atoms with Gasteiger partial charge in [0.1, 0.15) is 6.33 Å². The van der Waals surface area contributed by atoms with E-state index in [0.29, 0.717) is 12.1 Å². The molecule has 0 saturated heterocycles. The molecule has 0 atom stereocenters. The van der Waals surface area contributed by atoms with Gasteiger partial charge in [-0.15, -0.1) is 0 Å². The number of aromatic carboxylic acids is 1. The number of rotatable bonds is 2. The fourth-order valence-corrected chi connectivity index (χ4v) is 1.47. The number of alkyl halides is 3. The number of aromatic nitrogens is 3. The molecule has 0 aliphatic carbocycles. The van der Waals surface area contributed by atoms with Crippen LogP contribution in [-0.4, -0.2) is 25.8 Å². The van der Waals surface area contributed by atoms with E-state index in [-0.39, 0.29) is 5.69 Å². The third kappa shape index (κ3) is 2.49. The van der Waals surface area contributed by atoms with Gasteiger partial charge in [-0.2, -0.15) is 18.3 Å². The number of carboxylic acid groups (broad SMARTS) is 1. The second kappa shape index (κ2) is 4.26. The minimum atomic E-state index is -4.71. The number of carboxylic acids is 1. The van der Waals surface area contributed by atoms with Crippen LogP contribution in [0.4, 0.5) is 13.2 Å². The third-order valence-electron chi connectivity index (χ3n) is 2.32. The first kappa shape index (κ1) is 12.9. The Bertz CT molecular complexity index is 687. The van der Waals surface area contributed by atoms with Crippen molar-refractivity contribution in [3.05, 3.63) is 46.1 Å². The molecular formula is C10H6F3N3O3. The first-order chi connectivity index (χ1) is 8.79. The number of nitrogens with zero attached hydrogens (tertiary/aromatic N) is 2. The summed E-state index contributed by atoms with van der Waals surface area (Å²) in [7, 11) is 0. The molecule has 1 aromatic heterocycles. The molecule has 1 heterocycles. The average Bonchev–Trinajstić information content (AvgIpc) is 2.73. The third-order valence-corrected chi connectivity index (χ3v) is 2.32. The molecule has 0 amide bonds. The number of H-pyrrole nitrogens is 1. The minimum absolute atomic E-state index is 0.231. The molecule has 2 aromatic rings. The van der Waals surface area contributed by atoms with Crippen LogP contribution in [0, 0.1) is 0 Å². The van der Waals surface area contributed by atoms with Crippen LogP contribution in [-0.2, 0) is 6.18 Å². The Kier molecular flexibility index (Phi) is 2.89. The topological polar surface area (TPSA) is 88.0 Å². The fraction of sp³-hybridized carbons (Fsp3) is 0.100. The summed E-state index contributed by atoms with van der Waals surface area (Å²) in [5.74, 6) is -1.52. The van der Waals surface area contributed by atoms with Crippen molar-refractivity contribution in [2.75, 3.05) is 0 Å². The van der Waals surface area contributed by atoms with Crippen molar-refractivity contribution >= 4 is 5.97 Å². The van der Waals surface area contributed by atoms with Crippen LogP contribution in [0.25, 0.3) is 5.69 Å². The Morgan fingerprint density at radius 2 is 2.00 bits per heavy atom. The number of carbonyl (C=O) groups is 1. The lowest BCUT2D eigenvalue weighted by Crippen LogP contribution is -2.16. The Morgan fingerprint density at radius 3 is 2.47 bits per heavy atom. The van der Waals surface area contributed by atoms with Crippen LogP contribution < -0.4 is 5.69 Å². The molecule has 0 unspecified atom stereocenters. The molecule has 19 heavy (non-hydrogen) atoms. The lowest BCUT2D eigenvalue weighted by molar-refractivity contribution is -0.137. The van der Waals surface area contributed by atoms with E-state index < -0.39 is 29.0 Å². The van der Waals surface area contributed by atoms with E-state index in [9.17, 15) is 22.8 Å². The van der Waals surface area contributed by atoms with Gasteiger partial charge >= 0.3 is 17.8 Å². The highest BCUT2D eigenvalue weighted by Gasteiger charge is 2.32. The van der Waals surface area contributed by atoms with Crippen LogP contribution >= 0.6 is 0 Å². The highest BCUT2D eigenvalue weighted by atomic mass is 19.4. The molecule has 6 nitrogen and oxygen atoms in total. The van der Waals surface area contributed by atoms with E-state index in [1.807, 2.05) is 5.10 Å². The van der Waals surface area contributed by atoms with Crippen LogP contribution in [0.15, 0.2) is 29.3 Å². The molecule has 0 aliphatic heterocycles. The summed E-state index contributed by atoms with van der Waals surface area (Å²) >= 11 is 0. The summed E-state index contributed by atoms with van der Waals surface area (Å²) in [4.78, 5) is 22.1. The SMILES string of the molecule is O=C(O)c1cc(-n2cn[nH]c2=O)cc(C(F)(F)F)c1. The van der Waals surface area contributed by atoms with Gasteiger partial charge in [-0.25, -0.2) is 19.3 Å². The van der Waals surface area contributed by atoms with Gasteiger partial charge in [0.2, 0.25) is 0 Å². The number of benzene rings is 1. The molecule has 9 heteroatoms. The van der Waals surface area contributed by atoms with Gasteiger partial charge < -0.3 is 5.11 Å². The second-order valence-electron chi connectivity index (χ2n) is 3.60. The number of aromatic amines is 1. The molecule has 0 spiro atoms. The molecular weight excluding hydrogens is 267 g/mol. The number of nitrogens with one attached hydrogen (secondary N) is 1. The van der Waals surface area contributed by atoms with E-state index in [0.717, 1.165) is 17.0 Å². The smallest absolute Gasteiger partial charge is 0.416 e. The van der Waals surface area contributed by atoms with Gasteiger partial charge in [0.15, 0.2) is 0 Å². The maximum atomic E-state index is 12.6. The lowest BCUT2D eigenvalue weighted by atomic mass is 10.1. The van der Waals surface area contributed by atoms with Crippen molar-refractivity contribution in [3.63, 3.8) is 0 Å². The monoisotopic (exact) mass is 273 g/mol. The van der Waals surface area contributed by atoms with Gasteiger partial charge in [0, 0.05) is 0 Å². The van der Waals surface area contributed by atoms with Gasteiger partial charge in [-0.3, -0.25) is 0 Å². The summed E-state index contributed by atoms with van der Waals surface area (Å²) in [6.45, 7) is 0. The second-order valence-corrected chi connectivity index (χ2v) is 3.60. The van der Waals surface area contributed by atoms with Crippen molar-refractivity contribution in [2.24, 2.45) is 0 Å². The maximum absolute atomic E-state index is 12.6. The molecule has 0 bridgehead atoms. The van der Waals surface area contributed by atoms with Crippen molar-refractivity contribution < 1.29 is 23.1 Å². The number of hydrogen-bond donors (Lipinski definition) is 2. The average molecular weight is 273 g/mol. The molecule has 0 radical (unpaired) electrons. The van der Waals surface area contributed by atoms with Gasteiger partial charge in [-0.05, 0) is 18.2 Å². The lowest BCUT2D eigenvalue weighted by Gasteiger charge is -2.10. The Morgan fingerprint density at radius 1 is 1.32 bits per heavy atom. The highest BCUT2D eigenvalue weighted by molar-refractivity contribution is 5.88. The summed E-state index contributed by atoms with van der Waals surface area (Å²) in [5, 5.41) is 14.2. The molecule has 0 saturated carbocycles. The molecule has 2 N–H and O–H groups in total. The summed E-state index contributed by atoms with van der Waals surface area (Å²) in [6, 6.07) is 2.12. The standard InChI is InChI=1S/C10H6F3N3O3/c11-10(12,13)6-1-5(8(17)18)2-7(3-6)16-4-14-15-9(16)19/h1-4H,(H,15,19)(H,17,18). The van der Waals surface area contributed by atoms with E-state index in [1.54, 1.807) is 0 Å². The van der Waals surface area contributed by atoms with E-state index in [2.05, 4.69) is 5.10 Å². The van der Waals surface area contributed by atoms with Crippen molar-refractivity contribution in [1.82, 2.24) is 14.8 Å². The number of hydrogen-bond acceptors (Lipinski definition) is 3. The maximum Gasteiger partial charge on any atom is 0.416 e. The Labute approximate surface area is 103 Å². The quantitative estimate of drug-likeness (QED) is 0.862. The highest BCUT2D eigenvalue weighted by Crippen LogP contribution is 2.31. The minimum Gasteiger partial charge on any atom is -0.478 e. The molecule has 0 fully saturated rings. The van der Waals surface area contributed by atoms with Crippen molar-refractivity contribution in [1.29, 1.82) is 0 Å². The van der Waals surface area contributed by atoms with Crippen LogP contribution in [0.3, 0.4) is 0 Å². The first-order valence-electron chi connectivity index (χ1n) is 4.87. The van der Waals surface area contributed by atoms with E-state index in [4.69, 9.17) is 5.11 Å². The van der Waals surface area contributed by atoms with Crippen molar-refractivity contribution in [3.8, 4) is 5.69 Å². The molecule has 0 aliphatic rings. The molecule has 100 valence electrons. The van der Waals surface area contributed by atoms with Crippen LogP contribution in [0.1, 0.15) is 15.9 Å². The van der Waals surface area contributed by atoms with Gasteiger partial charge in [0.05, 0.1) is 16.8 Å².